The van der Waals surface area contributed by atoms with Gasteiger partial charge in [0.25, 0.3) is 0 Å². The summed E-state index contributed by atoms with van der Waals surface area (Å²) < 4.78 is 19.5. The number of ether oxygens (including phenoxy) is 1. The molecule has 2 heterocycles. The normalized spacial score (nSPS) is 21.4. The van der Waals surface area contributed by atoms with Gasteiger partial charge in [0.1, 0.15) is 11.6 Å². The van der Waals surface area contributed by atoms with Crippen molar-refractivity contribution in [3.63, 3.8) is 0 Å². The molecule has 0 radical (unpaired) electrons. The Balaban J connectivity index is 0.00000324. The van der Waals surface area contributed by atoms with Gasteiger partial charge in [0.15, 0.2) is 0 Å². The van der Waals surface area contributed by atoms with Gasteiger partial charge in [0.05, 0.1) is 17.7 Å². The molecular formula is C25H38ClFN4O3. The van der Waals surface area contributed by atoms with Crippen LogP contribution in [0.2, 0.25) is 0 Å². The van der Waals surface area contributed by atoms with Crippen LogP contribution in [0.1, 0.15) is 39.5 Å². The molecule has 1 atom stereocenters. The molecular weight excluding hydrogens is 459 g/mol. The maximum Gasteiger partial charge on any atom is 0.234 e. The smallest absolute Gasteiger partial charge is 0.234 e. The summed E-state index contributed by atoms with van der Waals surface area (Å²) >= 11 is 0. The van der Waals surface area contributed by atoms with Crippen LogP contribution in [0.25, 0.3) is 0 Å². The Hall–Kier alpha value is -1.90. The van der Waals surface area contributed by atoms with Gasteiger partial charge in [-0.3, -0.25) is 19.4 Å². The molecule has 3 aliphatic rings. The Morgan fingerprint density at radius 1 is 1.09 bits per heavy atom. The predicted octanol–water partition coefficient (Wildman–Crippen LogP) is 2.92. The van der Waals surface area contributed by atoms with Crippen LogP contribution in [0.5, 0.6) is 5.75 Å². The highest BCUT2D eigenvalue weighted by Crippen LogP contribution is 2.31. The Morgan fingerprint density at radius 3 is 2.50 bits per heavy atom. The van der Waals surface area contributed by atoms with E-state index in [1.165, 1.54) is 29.9 Å². The zero-order chi connectivity index (χ0) is 23.4. The van der Waals surface area contributed by atoms with Crippen molar-refractivity contribution < 1.29 is 18.7 Å². The summed E-state index contributed by atoms with van der Waals surface area (Å²) in [4.78, 5) is 31.0. The summed E-state index contributed by atoms with van der Waals surface area (Å²) in [5, 5.41) is 3.36. The number of halogens is 2. The largest absolute Gasteiger partial charge is 0.489 e. The van der Waals surface area contributed by atoms with Gasteiger partial charge in [-0.05, 0) is 64.3 Å². The summed E-state index contributed by atoms with van der Waals surface area (Å²) in [6.07, 6.45) is 3.67. The first-order valence-corrected chi connectivity index (χ1v) is 12.4. The van der Waals surface area contributed by atoms with E-state index in [1.54, 1.807) is 6.07 Å². The number of anilines is 1. The third-order valence-corrected chi connectivity index (χ3v) is 6.71. The second-order valence-corrected chi connectivity index (χ2v) is 9.85. The van der Waals surface area contributed by atoms with Crippen molar-refractivity contribution in [2.24, 2.45) is 11.8 Å². The molecule has 1 aromatic carbocycles. The van der Waals surface area contributed by atoms with Crippen molar-refractivity contribution in [1.29, 1.82) is 0 Å². The highest BCUT2D eigenvalue weighted by Gasteiger charge is 2.38. The number of rotatable bonds is 11. The van der Waals surface area contributed by atoms with E-state index in [9.17, 15) is 14.0 Å². The fraction of sp³-hybridized carbons (Fsp3) is 0.680. The number of amides is 2. The van der Waals surface area contributed by atoms with E-state index in [0.29, 0.717) is 25.3 Å². The molecule has 7 nitrogen and oxygen atoms in total. The third-order valence-electron chi connectivity index (χ3n) is 6.71. The van der Waals surface area contributed by atoms with Gasteiger partial charge < -0.3 is 15.0 Å². The minimum absolute atomic E-state index is 0. The number of carbonyl (C=O) groups is 2. The zero-order valence-electron chi connectivity index (χ0n) is 20.3. The van der Waals surface area contributed by atoms with Gasteiger partial charge in [-0.25, -0.2) is 4.39 Å². The van der Waals surface area contributed by atoms with Crippen LogP contribution in [-0.4, -0.2) is 80.1 Å². The van der Waals surface area contributed by atoms with Crippen molar-refractivity contribution in [2.45, 2.75) is 45.6 Å². The van der Waals surface area contributed by atoms with E-state index in [1.807, 2.05) is 13.8 Å². The van der Waals surface area contributed by atoms with E-state index in [0.717, 1.165) is 57.3 Å². The number of benzene rings is 1. The summed E-state index contributed by atoms with van der Waals surface area (Å²) in [7, 11) is 0. The first kappa shape index (κ1) is 26.7. The lowest BCUT2D eigenvalue weighted by Crippen LogP contribution is -2.47. The Bertz CT molecular complexity index is 843. The SMILES string of the molecule is CC(C)Oc1cc(F)ccc1N1CCN(CCCN2C(=O)CC(CNCC3CC3)C2=O)CC1.Cl. The molecule has 9 heteroatoms. The third kappa shape index (κ3) is 7.06. The van der Waals surface area contributed by atoms with Crippen LogP contribution in [0.15, 0.2) is 18.2 Å². The fourth-order valence-electron chi connectivity index (χ4n) is 4.69. The maximum atomic E-state index is 13.7. The Kier molecular flexibility index (Phi) is 9.56. The van der Waals surface area contributed by atoms with Gasteiger partial charge in [0, 0.05) is 51.8 Å². The van der Waals surface area contributed by atoms with E-state index in [4.69, 9.17) is 4.74 Å². The molecule has 1 saturated carbocycles. The molecule has 2 amide bonds. The molecule has 1 aromatic rings. The van der Waals surface area contributed by atoms with Crippen LogP contribution in [0.4, 0.5) is 10.1 Å². The van der Waals surface area contributed by atoms with Gasteiger partial charge in [0.2, 0.25) is 11.8 Å². The molecule has 190 valence electrons. The molecule has 2 aliphatic heterocycles. The number of imide groups is 1. The minimum atomic E-state index is -0.292. The fourth-order valence-corrected chi connectivity index (χ4v) is 4.69. The summed E-state index contributed by atoms with van der Waals surface area (Å²) in [6.45, 7) is 10.2. The van der Waals surface area contributed by atoms with Crippen molar-refractivity contribution in [3.8, 4) is 5.75 Å². The lowest BCUT2D eigenvalue weighted by molar-refractivity contribution is -0.139. The molecule has 34 heavy (non-hydrogen) atoms. The maximum absolute atomic E-state index is 13.7. The predicted molar refractivity (Wildman–Crippen MR) is 133 cm³/mol. The minimum Gasteiger partial charge on any atom is -0.489 e. The lowest BCUT2D eigenvalue weighted by atomic mass is 10.1. The molecule has 1 aliphatic carbocycles. The molecule has 0 spiro atoms. The number of likely N-dealkylation sites (tertiary alicyclic amines) is 1. The van der Waals surface area contributed by atoms with Gasteiger partial charge in [-0.2, -0.15) is 0 Å². The van der Waals surface area contributed by atoms with Crippen LogP contribution in [0.3, 0.4) is 0 Å². The number of carbonyl (C=O) groups excluding carboxylic acids is 2. The first-order chi connectivity index (χ1) is 15.9. The van der Waals surface area contributed by atoms with E-state index in [-0.39, 0.29) is 42.1 Å². The molecule has 4 rings (SSSR count). The quantitative estimate of drug-likeness (QED) is 0.475. The number of piperazine rings is 1. The van der Waals surface area contributed by atoms with Gasteiger partial charge in [-0.1, -0.05) is 0 Å². The van der Waals surface area contributed by atoms with E-state index >= 15 is 0 Å². The topological polar surface area (TPSA) is 65.1 Å². The summed E-state index contributed by atoms with van der Waals surface area (Å²) in [6, 6.07) is 4.73. The zero-order valence-corrected chi connectivity index (χ0v) is 21.1. The highest BCUT2D eigenvalue weighted by molar-refractivity contribution is 6.03. The number of nitrogens with one attached hydrogen (secondary N) is 1. The average Bonchev–Trinajstić information content (AvgIpc) is 3.56. The van der Waals surface area contributed by atoms with Crippen LogP contribution < -0.4 is 15.0 Å². The summed E-state index contributed by atoms with van der Waals surface area (Å²) in [5.41, 5.74) is 0.930. The van der Waals surface area contributed by atoms with Crippen molar-refractivity contribution in [2.75, 3.05) is 57.3 Å². The number of hydrogen-bond acceptors (Lipinski definition) is 6. The Labute approximate surface area is 208 Å². The van der Waals surface area contributed by atoms with Gasteiger partial charge >= 0.3 is 0 Å². The molecule has 1 N–H and O–H groups in total. The molecule has 1 unspecified atom stereocenters. The standard InChI is InChI=1S/C25H37FN4O3.ClH/c1-18(2)33-23-15-21(26)6-7-22(23)29-12-10-28(11-13-29)8-3-9-30-24(31)14-20(25(30)32)17-27-16-19-4-5-19;/h6-7,15,18-20,27H,3-5,8-14,16-17H2,1-2H3;1H. The summed E-state index contributed by atoms with van der Waals surface area (Å²) in [5.74, 6) is 0.828. The molecule has 2 saturated heterocycles. The van der Waals surface area contributed by atoms with E-state index < -0.39 is 0 Å². The van der Waals surface area contributed by atoms with E-state index in [2.05, 4.69) is 15.1 Å². The van der Waals surface area contributed by atoms with Crippen LogP contribution >= 0.6 is 12.4 Å². The van der Waals surface area contributed by atoms with Crippen LogP contribution in [0, 0.1) is 17.7 Å². The monoisotopic (exact) mass is 496 g/mol. The molecule has 3 fully saturated rings. The average molecular weight is 497 g/mol. The van der Waals surface area contributed by atoms with Crippen molar-refractivity contribution >= 4 is 29.9 Å². The second-order valence-electron chi connectivity index (χ2n) is 9.85. The molecule has 0 bridgehead atoms. The second kappa shape index (κ2) is 12.2. The van der Waals surface area contributed by atoms with Crippen LogP contribution in [-0.2, 0) is 9.59 Å². The first-order valence-electron chi connectivity index (χ1n) is 12.4. The number of hydrogen-bond donors (Lipinski definition) is 1. The van der Waals surface area contributed by atoms with Crippen molar-refractivity contribution in [3.05, 3.63) is 24.0 Å². The number of nitrogens with zero attached hydrogens (tertiary/aromatic N) is 3. The van der Waals surface area contributed by atoms with Crippen molar-refractivity contribution in [1.82, 2.24) is 15.1 Å². The molecule has 0 aromatic heterocycles. The highest BCUT2D eigenvalue weighted by atomic mass is 35.5. The lowest BCUT2D eigenvalue weighted by Gasteiger charge is -2.37. The van der Waals surface area contributed by atoms with Gasteiger partial charge in [-0.15, -0.1) is 12.4 Å². The Morgan fingerprint density at radius 2 is 1.82 bits per heavy atom.